The van der Waals surface area contributed by atoms with Crippen molar-refractivity contribution in [3.05, 3.63) is 53.5 Å². The molecule has 1 aromatic rings. The molecule has 0 bridgehead atoms. The van der Waals surface area contributed by atoms with Crippen LogP contribution in [-0.4, -0.2) is 97.7 Å². The molecule has 234 valence electrons. The molecule has 3 heterocycles. The average molecular weight is 590 g/mol. The van der Waals surface area contributed by atoms with Crippen LogP contribution in [0.25, 0.3) is 0 Å². The lowest BCUT2D eigenvalue weighted by atomic mass is 9.80. The number of hydrogen-bond donors (Lipinski definition) is 0. The van der Waals surface area contributed by atoms with Crippen LogP contribution < -0.4 is 4.74 Å². The van der Waals surface area contributed by atoms with Gasteiger partial charge in [0.1, 0.15) is 11.6 Å². The molecule has 4 aliphatic rings. The first-order chi connectivity index (χ1) is 20.8. The van der Waals surface area contributed by atoms with Crippen molar-refractivity contribution in [3.63, 3.8) is 0 Å². The summed E-state index contributed by atoms with van der Waals surface area (Å²) in [6.45, 7) is 15.4. The van der Waals surface area contributed by atoms with E-state index in [2.05, 4.69) is 66.0 Å². The van der Waals surface area contributed by atoms with E-state index in [-0.39, 0.29) is 17.4 Å². The van der Waals surface area contributed by atoms with Crippen molar-refractivity contribution in [2.24, 2.45) is 27.7 Å². The summed E-state index contributed by atoms with van der Waals surface area (Å²) >= 11 is 0. The predicted molar refractivity (Wildman–Crippen MR) is 174 cm³/mol. The normalized spacial score (nSPS) is 24.0. The molecule has 3 aliphatic heterocycles. The van der Waals surface area contributed by atoms with Crippen LogP contribution >= 0.6 is 0 Å². The van der Waals surface area contributed by atoms with Gasteiger partial charge >= 0.3 is 0 Å². The molecule has 8 heteroatoms. The molecular weight excluding hydrogens is 538 g/mol. The number of ether oxygens (including phenoxy) is 2. The Bertz CT molecular complexity index is 1230. The lowest BCUT2D eigenvalue weighted by molar-refractivity contribution is -0.138. The Labute approximate surface area is 258 Å². The smallest absolute Gasteiger partial charge is 0.225 e. The largest absolute Gasteiger partial charge is 0.494 e. The molecule has 1 amide bonds. The zero-order chi connectivity index (χ0) is 30.4. The van der Waals surface area contributed by atoms with Crippen LogP contribution in [0.4, 0.5) is 0 Å². The third-order valence-electron chi connectivity index (χ3n) is 9.44. The van der Waals surface area contributed by atoms with Gasteiger partial charge < -0.3 is 19.3 Å². The number of carbonyl (C=O) groups excluding carboxylic acids is 1. The first-order valence-corrected chi connectivity index (χ1v) is 16.3. The molecule has 2 fully saturated rings. The standard InChI is InChI=1S/C35H51N5O3/c1-6-43-30-9-7-8-27(23-30)22-29-24-37-33(31-14-15-36-32(29)31)38-16-18-39(19-17-38)34(41)28-12-10-26(11-13-28)25-40(20-21-42-5)35(2,3)4/h7-9,14-15,23-24,26,28-29H,6,10-13,16-22,25H2,1-5H3. The molecule has 0 spiro atoms. The van der Waals surface area contributed by atoms with Crippen molar-refractivity contribution in [2.75, 3.05) is 59.6 Å². The molecule has 43 heavy (non-hydrogen) atoms. The average Bonchev–Trinajstić information content (AvgIpc) is 3.50. The molecule has 0 radical (unpaired) electrons. The highest BCUT2D eigenvalue weighted by atomic mass is 16.5. The summed E-state index contributed by atoms with van der Waals surface area (Å²) in [7, 11) is 1.77. The van der Waals surface area contributed by atoms with Crippen LogP contribution in [0, 0.1) is 17.8 Å². The van der Waals surface area contributed by atoms with Gasteiger partial charge in [-0.15, -0.1) is 0 Å². The quantitative estimate of drug-likeness (QED) is 0.355. The molecule has 1 saturated carbocycles. The van der Waals surface area contributed by atoms with Crippen molar-refractivity contribution in [2.45, 2.75) is 65.3 Å². The highest BCUT2D eigenvalue weighted by Crippen LogP contribution is 2.33. The number of fused-ring (bicyclic) bond motifs is 1. The minimum absolute atomic E-state index is 0.126. The predicted octanol–water partition coefficient (Wildman–Crippen LogP) is 5.21. The number of rotatable bonds is 11. The number of nitrogens with zero attached hydrogens (tertiary/aromatic N) is 5. The molecule has 5 rings (SSSR count). The Morgan fingerprint density at radius 3 is 2.56 bits per heavy atom. The molecule has 1 atom stereocenters. The lowest BCUT2D eigenvalue weighted by Crippen LogP contribution is -2.51. The molecule has 1 aromatic carbocycles. The zero-order valence-corrected chi connectivity index (χ0v) is 26.9. The van der Waals surface area contributed by atoms with E-state index in [4.69, 9.17) is 19.5 Å². The Kier molecular flexibility index (Phi) is 10.4. The fraction of sp³-hybridized carbons (Fsp3) is 0.629. The number of hydrogen-bond acceptors (Lipinski definition) is 7. The summed E-state index contributed by atoms with van der Waals surface area (Å²) in [5, 5.41) is 0. The minimum atomic E-state index is 0.126. The third-order valence-corrected chi connectivity index (χ3v) is 9.44. The second kappa shape index (κ2) is 14.2. The second-order valence-corrected chi connectivity index (χ2v) is 13.4. The Morgan fingerprint density at radius 2 is 1.86 bits per heavy atom. The SMILES string of the molecule is CCOc1cccc(CC2C=NC(N3CCN(C(=O)C4CCC(CN(CCOC)C(C)(C)C)CC4)CC3)=C3C=CN=C32)c1. The molecule has 1 aliphatic carbocycles. The van der Waals surface area contributed by atoms with Crippen LogP contribution in [0.5, 0.6) is 5.75 Å². The van der Waals surface area contributed by atoms with Crippen molar-refractivity contribution in [1.82, 2.24) is 14.7 Å². The Balaban J connectivity index is 1.12. The fourth-order valence-corrected chi connectivity index (χ4v) is 6.92. The van der Waals surface area contributed by atoms with Gasteiger partial charge in [0.05, 0.1) is 18.9 Å². The highest BCUT2D eigenvalue weighted by Gasteiger charge is 2.35. The van der Waals surface area contributed by atoms with E-state index in [0.717, 1.165) is 101 Å². The maximum Gasteiger partial charge on any atom is 0.225 e. The van der Waals surface area contributed by atoms with E-state index in [1.165, 1.54) is 5.56 Å². The van der Waals surface area contributed by atoms with Crippen LogP contribution in [0.2, 0.25) is 0 Å². The Hall–Kier alpha value is -2.97. The number of methoxy groups -OCH3 is 1. The van der Waals surface area contributed by atoms with E-state index in [0.29, 0.717) is 18.4 Å². The number of piperazine rings is 1. The molecule has 0 N–H and O–H groups in total. The number of allylic oxidation sites excluding steroid dienone is 2. The first kappa shape index (κ1) is 31.5. The number of aliphatic imine (C=N–C) groups is 2. The molecule has 8 nitrogen and oxygen atoms in total. The van der Waals surface area contributed by atoms with E-state index in [1.807, 2.05) is 19.2 Å². The fourth-order valence-electron chi connectivity index (χ4n) is 6.92. The summed E-state index contributed by atoms with van der Waals surface area (Å²) in [4.78, 5) is 30.2. The van der Waals surface area contributed by atoms with Crippen molar-refractivity contribution < 1.29 is 14.3 Å². The summed E-state index contributed by atoms with van der Waals surface area (Å²) in [5.41, 5.74) is 3.57. The maximum atomic E-state index is 13.5. The van der Waals surface area contributed by atoms with Crippen LogP contribution in [0.3, 0.4) is 0 Å². The second-order valence-electron chi connectivity index (χ2n) is 13.4. The van der Waals surface area contributed by atoms with Crippen LogP contribution in [0.1, 0.15) is 58.9 Å². The molecular formula is C35H51N5O3. The van der Waals surface area contributed by atoms with Gasteiger partial charge in [-0.25, -0.2) is 4.99 Å². The molecule has 0 aromatic heterocycles. The zero-order valence-electron chi connectivity index (χ0n) is 26.9. The van der Waals surface area contributed by atoms with Crippen molar-refractivity contribution in [3.8, 4) is 5.75 Å². The van der Waals surface area contributed by atoms with Gasteiger partial charge in [-0.2, -0.15) is 0 Å². The highest BCUT2D eigenvalue weighted by molar-refractivity contribution is 6.15. The monoisotopic (exact) mass is 589 g/mol. The van der Waals surface area contributed by atoms with Gasteiger partial charge in [-0.1, -0.05) is 12.1 Å². The summed E-state index contributed by atoms with van der Waals surface area (Å²) in [6, 6.07) is 8.31. The molecule has 1 unspecified atom stereocenters. The lowest BCUT2D eigenvalue weighted by Gasteiger charge is -2.41. The number of carbonyl (C=O) groups is 1. The van der Waals surface area contributed by atoms with Gasteiger partial charge in [0, 0.05) is 81.7 Å². The van der Waals surface area contributed by atoms with E-state index >= 15 is 0 Å². The third kappa shape index (κ3) is 7.76. The maximum absolute atomic E-state index is 13.5. The summed E-state index contributed by atoms with van der Waals surface area (Å²) in [5.74, 6) is 3.21. The first-order valence-electron chi connectivity index (χ1n) is 16.3. The van der Waals surface area contributed by atoms with Gasteiger partial charge in [0.2, 0.25) is 5.91 Å². The summed E-state index contributed by atoms with van der Waals surface area (Å²) < 4.78 is 11.1. The van der Waals surface area contributed by atoms with Crippen LogP contribution in [0.15, 0.2) is 57.9 Å². The van der Waals surface area contributed by atoms with E-state index in [1.54, 1.807) is 7.11 Å². The van der Waals surface area contributed by atoms with Crippen LogP contribution in [-0.2, 0) is 16.0 Å². The van der Waals surface area contributed by atoms with Gasteiger partial charge in [-0.3, -0.25) is 14.7 Å². The summed E-state index contributed by atoms with van der Waals surface area (Å²) in [6.07, 6.45) is 11.2. The van der Waals surface area contributed by atoms with Crippen molar-refractivity contribution >= 4 is 17.8 Å². The van der Waals surface area contributed by atoms with E-state index < -0.39 is 0 Å². The van der Waals surface area contributed by atoms with Gasteiger partial charge in [0.15, 0.2) is 0 Å². The number of benzene rings is 1. The van der Waals surface area contributed by atoms with Gasteiger partial charge in [-0.05, 0) is 89.5 Å². The minimum Gasteiger partial charge on any atom is -0.494 e. The Morgan fingerprint density at radius 1 is 1.09 bits per heavy atom. The number of amides is 1. The van der Waals surface area contributed by atoms with Gasteiger partial charge in [0.25, 0.3) is 0 Å². The van der Waals surface area contributed by atoms with E-state index in [9.17, 15) is 4.79 Å². The van der Waals surface area contributed by atoms with Crippen molar-refractivity contribution in [1.29, 1.82) is 0 Å². The molecule has 1 saturated heterocycles. The topological polar surface area (TPSA) is 70.0 Å².